The molecule has 0 radical (unpaired) electrons. The summed E-state index contributed by atoms with van der Waals surface area (Å²) in [5.74, 6) is -0.131. The average molecular weight is 540 g/mol. The fraction of sp³-hybridized carbons (Fsp3) is 0.100. The van der Waals surface area contributed by atoms with Crippen LogP contribution in [0.4, 0.5) is 5.69 Å². The van der Waals surface area contributed by atoms with Gasteiger partial charge >= 0.3 is 5.97 Å². The number of rotatable bonds is 11. The van der Waals surface area contributed by atoms with Crippen molar-refractivity contribution >= 4 is 23.8 Å². The summed E-state index contributed by atoms with van der Waals surface area (Å²) in [6.45, 7) is 1.87. The molecule has 202 valence electrons. The molecular formula is C30H25N3O7. The predicted molar refractivity (Wildman–Crippen MR) is 149 cm³/mol. The minimum Gasteiger partial charge on any atom is -0.490 e. The van der Waals surface area contributed by atoms with Crippen molar-refractivity contribution in [2.24, 2.45) is 5.10 Å². The third-order valence-corrected chi connectivity index (χ3v) is 5.52. The number of hydrogen-bond donors (Lipinski definition) is 1. The summed E-state index contributed by atoms with van der Waals surface area (Å²) in [6, 6.07) is 27.2. The van der Waals surface area contributed by atoms with Gasteiger partial charge in [0.05, 0.1) is 23.3 Å². The van der Waals surface area contributed by atoms with Crippen LogP contribution in [0, 0.1) is 10.1 Å². The van der Waals surface area contributed by atoms with Crippen LogP contribution in [-0.2, 0) is 4.79 Å². The standard InChI is InChI=1S/C30H25N3O7/c1-2-38-28-18-21(8-17-27(28)40-30(35)24-9-13-25(14-10-24)33(36)37)19-31-32-29(34)20-39-26-15-11-23(12-16-26)22-6-4-3-5-7-22/h3-19H,2,20H2,1H3,(H,32,34). The van der Waals surface area contributed by atoms with Crippen LogP contribution in [0.3, 0.4) is 0 Å². The third kappa shape index (κ3) is 7.51. The van der Waals surface area contributed by atoms with E-state index in [1.807, 2.05) is 42.5 Å². The first-order valence-electron chi connectivity index (χ1n) is 12.3. The Morgan fingerprint density at radius 2 is 1.57 bits per heavy atom. The van der Waals surface area contributed by atoms with E-state index in [2.05, 4.69) is 10.5 Å². The number of amides is 1. The van der Waals surface area contributed by atoms with E-state index >= 15 is 0 Å². The molecule has 4 aromatic carbocycles. The molecular weight excluding hydrogens is 514 g/mol. The van der Waals surface area contributed by atoms with Crippen LogP contribution in [0.2, 0.25) is 0 Å². The predicted octanol–water partition coefficient (Wildman–Crippen LogP) is 5.41. The quantitative estimate of drug-likeness (QED) is 0.0887. The smallest absolute Gasteiger partial charge is 0.343 e. The van der Waals surface area contributed by atoms with Crippen molar-refractivity contribution in [3.05, 3.63) is 118 Å². The zero-order chi connectivity index (χ0) is 28.3. The van der Waals surface area contributed by atoms with Gasteiger partial charge in [-0.25, -0.2) is 10.2 Å². The van der Waals surface area contributed by atoms with E-state index in [1.165, 1.54) is 36.5 Å². The first-order valence-corrected chi connectivity index (χ1v) is 12.3. The van der Waals surface area contributed by atoms with E-state index in [-0.39, 0.29) is 29.4 Å². The molecule has 10 heteroatoms. The van der Waals surface area contributed by atoms with Gasteiger partial charge in [-0.05, 0) is 66.1 Å². The fourth-order valence-corrected chi connectivity index (χ4v) is 3.57. The third-order valence-electron chi connectivity index (χ3n) is 5.52. The number of esters is 1. The number of hydrogen-bond acceptors (Lipinski definition) is 8. The molecule has 0 spiro atoms. The summed E-state index contributed by atoms with van der Waals surface area (Å²) in [4.78, 5) is 34.9. The second-order valence-electron chi connectivity index (χ2n) is 8.30. The van der Waals surface area contributed by atoms with E-state index in [0.717, 1.165) is 11.1 Å². The molecule has 4 aromatic rings. The monoisotopic (exact) mass is 539 g/mol. The van der Waals surface area contributed by atoms with Crippen molar-refractivity contribution < 1.29 is 28.7 Å². The SMILES string of the molecule is CCOc1cc(C=NNC(=O)COc2ccc(-c3ccccc3)cc2)ccc1OC(=O)c1ccc([N+](=O)[O-])cc1. The lowest BCUT2D eigenvalue weighted by atomic mass is 10.1. The molecule has 0 saturated heterocycles. The lowest BCUT2D eigenvalue weighted by Crippen LogP contribution is -2.24. The van der Waals surface area contributed by atoms with Crippen LogP contribution in [0.15, 0.2) is 102 Å². The molecule has 1 N–H and O–H groups in total. The number of nitrogens with one attached hydrogen (secondary N) is 1. The average Bonchev–Trinajstić information content (AvgIpc) is 2.98. The normalized spacial score (nSPS) is 10.6. The summed E-state index contributed by atoms with van der Waals surface area (Å²) in [6.07, 6.45) is 1.41. The Bertz CT molecular complexity index is 1500. The van der Waals surface area contributed by atoms with Crippen molar-refractivity contribution in [3.8, 4) is 28.4 Å². The van der Waals surface area contributed by atoms with Crippen molar-refractivity contribution in [2.75, 3.05) is 13.2 Å². The number of carbonyl (C=O) groups excluding carboxylic acids is 2. The largest absolute Gasteiger partial charge is 0.490 e. The van der Waals surface area contributed by atoms with Crippen molar-refractivity contribution in [1.29, 1.82) is 0 Å². The molecule has 0 bridgehead atoms. The molecule has 0 saturated carbocycles. The number of hydrazone groups is 1. The molecule has 0 unspecified atom stereocenters. The van der Waals surface area contributed by atoms with Crippen molar-refractivity contribution in [1.82, 2.24) is 5.43 Å². The first kappa shape index (κ1) is 27.5. The van der Waals surface area contributed by atoms with E-state index in [0.29, 0.717) is 17.9 Å². The number of nitro groups is 1. The summed E-state index contributed by atoms with van der Waals surface area (Å²) in [5.41, 5.74) is 5.13. The number of carbonyl (C=O) groups is 2. The molecule has 0 atom stereocenters. The first-order chi connectivity index (χ1) is 19.4. The fourth-order valence-electron chi connectivity index (χ4n) is 3.57. The van der Waals surface area contributed by atoms with Gasteiger partial charge in [-0.15, -0.1) is 0 Å². The molecule has 10 nitrogen and oxygen atoms in total. The van der Waals surface area contributed by atoms with Crippen LogP contribution in [0.1, 0.15) is 22.8 Å². The Morgan fingerprint density at radius 3 is 2.25 bits per heavy atom. The Hall–Kier alpha value is -5.51. The van der Waals surface area contributed by atoms with Gasteiger partial charge in [-0.1, -0.05) is 42.5 Å². The zero-order valence-corrected chi connectivity index (χ0v) is 21.5. The minimum absolute atomic E-state index is 0.133. The zero-order valence-electron chi connectivity index (χ0n) is 21.5. The molecule has 0 aromatic heterocycles. The summed E-state index contributed by atoms with van der Waals surface area (Å²) in [5, 5.41) is 14.8. The van der Waals surface area contributed by atoms with Gasteiger partial charge in [0.25, 0.3) is 11.6 Å². The number of nitro benzene ring substituents is 1. The van der Waals surface area contributed by atoms with Crippen LogP contribution < -0.4 is 19.6 Å². The highest BCUT2D eigenvalue weighted by molar-refractivity contribution is 5.92. The molecule has 0 aliphatic carbocycles. The van der Waals surface area contributed by atoms with Crippen LogP contribution in [-0.4, -0.2) is 36.2 Å². The molecule has 0 aliphatic rings. The Balaban J connectivity index is 1.31. The van der Waals surface area contributed by atoms with Gasteiger partial charge in [0.2, 0.25) is 0 Å². The van der Waals surface area contributed by atoms with Gasteiger partial charge in [-0.2, -0.15) is 5.10 Å². The maximum atomic E-state index is 12.5. The molecule has 40 heavy (non-hydrogen) atoms. The number of benzene rings is 4. The molecule has 4 rings (SSSR count). The molecule has 0 aliphatic heterocycles. The summed E-state index contributed by atoms with van der Waals surface area (Å²) < 4.78 is 16.5. The lowest BCUT2D eigenvalue weighted by molar-refractivity contribution is -0.384. The lowest BCUT2D eigenvalue weighted by Gasteiger charge is -2.11. The topological polar surface area (TPSA) is 129 Å². The number of nitrogens with zero attached hydrogens (tertiary/aromatic N) is 2. The highest BCUT2D eigenvalue weighted by Crippen LogP contribution is 2.29. The summed E-state index contributed by atoms with van der Waals surface area (Å²) >= 11 is 0. The van der Waals surface area contributed by atoms with E-state index in [9.17, 15) is 19.7 Å². The number of non-ortho nitro benzene ring substituents is 1. The van der Waals surface area contributed by atoms with Crippen molar-refractivity contribution in [2.45, 2.75) is 6.92 Å². The van der Waals surface area contributed by atoms with Crippen molar-refractivity contribution in [3.63, 3.8) is 0 Å². The van der Waals surface area contributed by atoms with Gasteiger partial charge < -0.3 is 14.2 Å². The maximum Gasteiger partial charge on any atom is 0.343 e. The Morgan fingerprint density at radius 1 is 0.875 bits per heavy atom. The highest BCUT2D eigenvalue weighted by Gasteiger charge is 2.15. The van der Waals surface area contributed by atoms with E-state index < -0.39 is 16.8 Å². The van der Waals surface area contributed by atoms with E-state index in [1.54, 1.807) is 31.2 Å². The Kier molecular flexibility index (Phi) is 9.17. The molecule has 0 heterocycles. The van der Waals surface area contributed by atoms with Gasteiger partial charge in [0, 0.05) is 12.1 Å². The second-order valence-corrected chi connectivity index (χ2v) is 8.30. The Labute approximate surface area is 230 Å². The number of ether oxygens (including phenoxy) is 3. The van der Waals surface area contributed by atoms with Crippen LogP contribution >= 0.6 is 0 Å². The maximum absolute atomic E-state index is 12.5. The summed E-state index contributed by atoms with van der Waals surface area (Å²) in [7, 11) is 0. The van der Waals surface area contributed by atoms with Gasteiger partial charge in [0.15, 0.2) is 18.1 Å². The highest BCUT2D eigenvalue weighted by atomic mass is 16.6. The van der Waals surface area contributed by atoms with Gasteiger partial charge in [-0.3, -0.25) is 14.9 Å². The molecule has 0 fully saturated rings. The molecule has 1 amide bonds. The van der Waals surface area contributed by atoms with Gasteiger partial charge in [0.1, 0.15) is 5.75 Å². The minimum atomic E-state index is -0.695. The van der Waals surface area contributed by atoms with Crippen LogP contribution in [0.25, 0.3) is 11.1 Å². The van der Waals surface area contributed by atoms with Crippen LogP contribution in [0.5, 0.6) is 17.2 Å². The second kappa shape index (κ2) is 13.3. The van der Waals surface area contributed by atoms with E-state index in [4.69, 9.17) is 14.2 Å².